The van der Waals surface area contributed by atoms with E-state index in [9.17, 15) is 4.79 Å². The highest BCUT2D eigenvalue weighted by atomic mass is 35.5. The second kappa shape index (κ2) is 7.58. The van der Waals surface area contributed by atoms with E-state index in [0.717, 1.165) is 25.9 Å². The molecule has 5 nitrogen and oxygen atoms in total. The van der Waals surface area contributed by atoms with Crippen LogP contribution in [0.3, 0.4) is 0 Å². The minimum absolute atomic E-state index is 0.0581. The van der Waals surface area contributed by atoms with Crippen LogP contribution in [-0.2, 0) is 0 Å². The van der Waals surface area contributed by atoms with Crippen molar-refractivity contribution in [2.24, 2.45) is 5.92 Å². The summed E-state index contributed by atoms with van der Waals surface area (Å²) in [6.07, 6.45) is 2.19. The van der Waals surface area contributed by atoms with E-state index in [2.05, 4.69) is 22.2 Å². The normalized spacial score (nSPS) is 17.4. The number of nitrogens with one attached hydrogen (secondary N) is 1. The molecule has 0 saturated carbocycles. The number of piperidine rings is 1. The lowest BCUT2D eigenvalue weighted by molar-refractivity contribution is 0.0677. The lowest BCUT2D eigenvalue weighted by Gasteiger charge is -2.30. The predicted octanol–water partition coefficient (Wildman–Crippen LogP) is 4.71. The molecule has 0 spiro atoms. The predicted molar refractivity (Wildman–Crippen MR) is 101 cm³/mol. The molecule has 2 aromatic rings. The van der Waals surface area contributed by atoms with Gasteiger partial charge in [0.2, 0.25) is 5.95 Å². The van der Waals surface area contributed by atoms with E-state index in [1.54, 1.807) is 24.3 Å². The molecule has 1 aliphatic heterocycles. The number of aromatic nitrogens is 2. The molecule has 3 rings (SSSR count). The molecule has 1 aromatic carbocycles. The molecule has 0 aliphatic carbocycles. The maximum absolute atomic E-state index is 12.8. The van der Waals surface area contributed by atoms with Crippen molar-refractivity contribution in [3.05, 3.63) is 45.7 Å². The number of likely N-dealkylation sites (tertiary alicyclic amines) is 1. The minimum atomic E-state index is -0.0581. The molecule has 1 aliphatic rings. The molecule has 1 unspecified atom stereocenters. The van der Waals surface area contributed by atoms with Crippen molar-refractivity contribution in [3.8, 4) is 0 Å². The van der Waals surface area contributed by atoms with Gasteiger partial charge in [0.1, 0.15) is 5.69 Å². The lowest BCUT2D eigenvalue weighted by Crippen LogP contribution is -2.39. The fourth-order valence-electron chi connectivity index (χ4n) is 2.99. The van der Waals surface area contributed by atoms with Gasteiger partial charge in [-0.05, 0) is 43.9 Å². The smallest absolute Gasteiger partial charge is 0.272 e. The van der Waals surface area contributed by atoms with Crippen LogP contribution in [0.2, 0.25) is 10.0 Å². The molecule has 1 amide bonds. The van der Waals surface area contributed by atoms with Crippen LogP contribution >= 0.6 is 23.2 Å². The van der Waals surface area contributed by atoms with Crippen molar-refractivity contribution in [2.75, 3.05) is 18.4 Å². The number of amides is 1. The molecule has 1 N–H and O–H groups in total. The summed E-state index contributed by atoms with van der Waals surface area (Å²) < 4.78 is 0. The highest BCUT2D eigenvalue weighted by Crippen LogP contribution is 2.31. The van der Waals surface area contributed by atoms with E-state index in [0.29, 0.717) is 39.0 Å². The number of anilines is 2. The first-order valence-corrected chi connectivity index (χ1v) is 9.05. The number of carbonyl (C=O) groups is 1. The molecule has 0 radical (unpaired) electrons. The van der Waals surface area contributed by atoms with Crippen LogP contribution in [0.25, 0.3) is 0 Å². The van der Waals surface area contributed by atoms with Gasteiger partial charge in [0, 0.05) is 18.8 Å². The summed E-state index contributed by atoms with van der Waals surface area (Å²) >= 11 is 12.2. The molecular formula is C18H20Cl2N4O. The molecule has 1 aromatic heterocycles. The Morgan fingerprint density at radius 2 is 2.12 bits per heavy atom. The number of halogens is 2. The van der Waals surface area contributed by atoms with Crippen molar-refractivity contribution in [2.45, 2.75) is 26.7 Å². The molecular weight excluding hydrogens is 359 g/mol. The molecule has 2 heterocycles. The van der Waals surface area contributed by atoms with Gasteiger partial charge in [0.25, 0.3) is 5.91 Å². The highest BCUT2D eigenvalue weighted by Gasteiger charge is 2.23. The summed E-state index contributed by atoms with van der Waals surface area (Å²) in [5, 5.41) is 3.89. The van der Waals surface area contributed by atoms with Crippen LogP contribution in [0.5, 0.6) is 0 Å². The van der Waals surface area contributed by atoms with Crippen molar-refractivity contribution in [1.29, 1.82) is 0 Å². The van der Waals surface area contributed by atoms with E-state index < -0.39 is 0 Å². The number of hydrogen-bond donors (Lipinski definition) is 1. The monoisotopic (exact) mass is 378 g/mol. The van der Waals surface area contributed by atoms with Crippen molar-refractivity contribution in [1.82, 2.24) is 14.9 Å². The fourth-order valence-corrected chi connectivity index (χ4v) is 3.34. The lowest BCUT2D eigenvalue weighted by atomic mass is 10.00. The van der Waals surface area contributed by atoms with Gasteiger partial charge in [-0.2, -0.15) is 0 Å². The Morgan fingerprint density at radius 3 is 2.88 bits per heavy atom. The SMILES string of the molecule is Cc1cc(C(=O)N2CCCC(C)C2)nc(Nc2cccc(Cl)c2Cl)n1. The standard InChI is InChI=1S/C18H20Cl2N4O/c1-11-5-4-8-24(10-11)17(25)15-9-12(2)21-18(23-15)22-14-7-3-6-13(19)16(14)20/h3,6-7,9,11H,4-5,8,10H2,1-2H3,(H,21,22,23). The van der Waals surface area contributed by atoms with Crippen LogP contribution in [0, 0.1) is 12.8 Å². The molecule has 1 atom stereocenters. The summed E-state index contributed by atoms with van der Waals surface area (Å²) in [4.78, 5) is 23.4. The molecule has 1 fully saturated rings. The third kappa shape index (κ3) is 4.22. The maximum Gasteiger partial charge on any atom is 0.272 e. The second-order valence-corrected chi connectivity index (χ2v) is 7.23. The molecule has 132 valence electrons. The van der Waals surface area contributed by atoms with Gasteiger partial charge in [-0.25, -0.2) is 9.97 Å². The van der Waals surface area contributed by atoms with Crippen LogP contribution in [0.1, 0.15) is 35.9 Å². The largest absolute Gasteiger partial charge is 0.337 e. The van der Waals surface area contributed by atoms with Crippen LogP contribution in [0.4, 0.5) is 11.6 Å². The van der Waals surface area contributed by atoms with Gasteiger partial charge in [-0.1, -0.05) is 36.2 Å². The summed E-state index contributed by atoms with van der Waals surface area (Å²) in [5.41, 5.74) is 1.70. The second-order valence-electron chi connectivity index (χ2n) is 6.44. The zero-order valence-corrected chi connectivity index (χ0v) is 15.7. The topological polar surface area (TPSA) is 58.1 Å². The van der Waals surface area contributed by atoms with Crippen LogP contribution in [-0.4, -0.2) is 33.9 Å². The highest BCUT2D eigenvalue weighted by molar-refractivity contribution is 6.43. The zero-order valence-electron chi connectivity index (χ0n) is 14.2. The fraction of sp³-hybridized carbons (Fsp3) is 0.389. The van der Waals surface area contributed by atoms with Crippen LogP contribution < -0.4 is 5.32 Å². The van der Waals surface area contributed by atoms with E-state index in [-0.39, 0.29) is 5.91 Å². The van der Waals surface area contributed by atoms with Gasteiger partial charge in [0.05, 0.1) is 15.7 Å². The van der Waals surface area contributed by atoms with Crippen molar-refractivity contribution >= 4 is 40.7 Å². The Balaban J connectivity index is 1.85. The average Bonchev–Trinajstić information content (AvgIpc) is 2.58. The van der Waals surface area contributed by atoms with Gasteiger partial charge in [-0.3, -0.25) is 4.79 Å². The quantitative estimate of drug-likeness (QED) is 0.839. The van der Waals surface area contributed by atoms with Gasteiger partial charge in [0.15, 0.2) is 0 Å². The Morgan fingerprint density at radius 1 is 1.32 bits per heavy atom. The van der Waals surface area contributed by atoms with E-state index >= 15 is 0 Å². The number of aryl methyl sites for hydroxylation is 1. The maximum atomic E-state index is 12.8. The Hall–Kier alpha value is -1.85. The summed E-state index contributed by atoms with van der Waals surface area (Å²) in [6.45, 7) is 5.54. The molecule has 1 saturated heterocycles. The number of rotatable bonds is 3. The first-order chi connectivity index (χ1) is 11.9. The van der Waals surface area contributed by atoms with Gasteiger partial charge in [-0.15, -0.1) is 0 Å². The van der Waals surface area contributed by atoms with Crippen LogP contribution in [0.15, 0.2) is 24.3 Å². The summed E-state index contributed by atoms with van der Waals surface area (Å²) in [5.74, 6) is 0.790. The average molecular weight is 379 g/mol. The van der Waals surface area contributed by atoms with E-state index in [4.69, 9.17) is 23.2 Å². The van der Waals surface area contributed by atoms with Gasteiger partial charge >= 0.3 is 0 Å². The number of carbonyl (C=O) groups excluding carboxylic acids is 1. The minimum Gasteiger partial charge on any atom is -0.337 e. The summed E-state index contributed by atoms with van der Waals surface area (Å²) in [7, 11) is 0. The number of hydrogen-bond acceptors (Lipinski definition) is 4. The zero-order chi connectivity index (χ0) is 18.0. The number of nitrogens with zero attached hydrogens (tertiary/aromatic N) is 3. The third-order valence-electron chi connectivity index (χ3n) is 4.22. The third-order valence-corrected chi connectivity index (χ3v) is 5.03. The van der Waals surface area contributed by atoms with Crippen molar-refractivity contribution < 1.29 is 4.79 Å². The number of benzene rings is 1. The van der Waals surface area contributed by atoms with E-state index in [1.807, 2.05) is 11.8 Å². The molecule has 0 bridgehead atoms. The van der Waals surface area contributed by atoms with E-state index in [1.165, 1.54) is 0 Å². The summed E-state index contributed by atoms with van der Waals surface area (Å²) in [6, 6.07) is 6.99. The Bertz CT molecular complexity index is 797. The van der Waals surface area contributed by atoms with Gasteiger partial charge < -0.3 is 10.2 Å². The Kier molecular flexibility index (Phi) is 5.45. The van der Waals surface area contributed by atoms with Crippen molar-refractivity contribution in [3.63, 3.8) is 0 Å². The molecule has 25 heavy (non-hydrogen) atoms. The molecule has 7 heteroatoms. The first kappa shape index (κ1) is 18.0. The Labute approximate surface area is 157 Å². The first-order valence-electron chi connectivity index (χ1n) is 8.30.